The molecule has 1 N–H and O–H groups in total. The van der Waals surface area contributed by atoms with Crippen molar-refractivity contribution in [2.45, 2.75) is 19.3 Å². The zero-order chi connectivity index (χ0) is 10.4. The molecule has 1 aliphatic heterocycles. The first kappa shape index (κ1) is 12.0. The van der Waals surface area contributed by atoms with Crippen molar-refractivity contribution < 1.29 is 0 Å². The van der Waals surface area contributed by atoms with Gasteiger partial charge in [0.1, 0.15) is 0 Å². The molecule has 14 heavy (non-hydrogen) atoms. The van der Waals surface area contributed by atoms with E-state index in [0.29, 0.717) is 5.03 Å². The second kappa shape index (κ2) is 6.44. The van der Waals surface area contributed by atoms with E-state index in [1.54, 1.807) is 0 Å². The molecule has 2 nitrogen and oxygen atoms in total. The molecule has 1 saturated heterocycles. The van der Waals surface area contributed by atoms with E-state index in [1.807, 2.05) is 0 Å². The third-order valence-electron chi connectivity index (χ3n) is 2.88. The van der Waals surface area contributed by atoms with E-state index in [2.05, 4.69) is 23.8 Å². The summed E-state index contributed by atoms with van der Waals surface area (Å²) >= 11 is 5.65. The molecule has 0 aliphatic carbocycles. The third kappa shape index (κ3) is 4.99. The van der Waals surface area contributed by atoms with Crippen LogP contribution in [0, 0.1) is 5.92 Å². The summed E-state index contributed by atoms with van der Waals surface area (Å²) in [6, 6.07) is 0. The van der Waals surface area contributed by atoms with Crippen molar-refractivity contribution >= 4 is 11.6 Å². The molecule has 3 heteroatoms. The summed E-state index contributed by atoms with van der Waals surface area (Å²) < 4.78 is 0. The SMILES string of the molecule is C=C(Cl)CNCCC1CCN(C)CC1. The van der Waals surface area contributed by atoms with Crippen molar-refractivity contribution in [3.05, 3.63) is 11.6 Å². The molecule has 0 amide bonds. The van der Waals surface area contributed by atoms with Crippen LogP contribution in [0.3, 0.4) is 0 Å². The van der Waals surface area contributed by atoms with Crippen LogP contribution < -0.4 is 5.32 Å². The minimum atomic E-state index is 0.702. The Hall–Kier alpha value is -0.0500. The molecule has 1 fully saturated rings. The Morgan fingerprint density at radius 1 is 1.50 bits per heavy atom. The van der Waals surface area contributed by atoms with Crippen molar-refractivity contribution in [3.63, 3.8) is 0 Å². The van der Waals surface area contributed by atoms with Gasteiger partial charge in [-0.1, -0.05) is 18.2 Å². The van der Waals surface area contributed by atoms with Crippen LogP contribution in [-0.2, 0) is 0 Å². The molecule has 0 aromatic rings. The maximum atomic E-state index is 5.65. The number of likely N-dealkylation sites (tertiary alicyclic amines) is 1. The maximum Gasteiger partial charge on any atom is 0.0307 e. The van der Waals surface area contributed by atoms with Crippen LogP contribution in [0.4, 0.5) is 0 Å². The van der Waals surface area contributed by atoms with Crippen LogP contribution in [-0.4, -0.2) is 38.1 Å². The van der Waals surface area contributed by atoms with Gasteiger partial charge in [0.25, 0.3) is 0 Å². The second-order valence-electron chi connectivity index (χ2n) is 4.23. The predicted molar refractivity (Wildman–Crippen MR) is 62.7 cm³/mol. The van der Waals surface area contributed by atoms with Gasteiger partial charge in [0.2, 0.25) is 0 Å². The van der Waals surface area contributed by atoms with Crippen LogP contribution in [0.25, 0.3) is 0 Å². The summed E-state index contributed by atoms with van der Waals surface area (Å²) in [5, 5.41) is 4.00. The highest BCUT2D eigenvalue weighted by molar-refractivity contribution is 6.29. The van der Waals surface area contributed by atoms with E-state index in [-0.39, 0.29) is 0 Å². The van der Waals surface area contributed by atoms with E-state index in [1.165, 1.54) is 32.4 Å². The molecule has 0 saturated carbocycles. The number of nitrogens with zero attached hydrogens (tertiary/aromatic N) is 1. The lowest BCUT2D eigenvalue weighted by atomic mass is 9.94. The van der Waals surface area contributed by atoms with Crippen LogP contribution in [0.5, 0.6) is 0 Å². The van der Waals surface area contributed by atoms with Crippen LogP contribution in [0.2, 0.25) is 0 Å². The molecule has 0 aromatic carbocycles. The average molecular weight is 217 g/mol. The molecule has 0 bridgehead atoms. The third-order valence-corrected chi connectivity index (χ3v) is 3.02. The van der Waals surface area contributed by atoms with Crippen LogP contribution >= 0.6 is 11.6 Å². The summed E-state index contributed by atoms with van der Waals surface area (Å²) in [5.41, 5.74) is 0. The zero-order valence-corrected chi connectivity index (χ0v) is 9.82. The number of piperidine rings is 1. The molecule has 0 aromatic heterocycles. The summed E-state index contributed by atoms with van der Waals surface area (Å²) in [7, 11) is 2.20. The second-order valence-corrected chi connectivity index (χ2v) is 4.76. The Morgan fingerprint density at radius 3 is 2.71 bits per heavy atom. The topological polar surface area (TPSA) is 15.3 Å². The van der Waals surface area contributed by atoms with Gasteiger partial charge in [0.15, 0.2) is 0 Å². The smallest absolute Gasteiger partial charge is 0.0307 e. The van der Waals surface area contributed by atoms with E-state index in [9.17, 15) is 0 Å². The zero-order valence-electron chi connectivity index (χ0n) is 9.06. The quantitative estimate of drug-likeness (QED) is 0.708. The average Bonchev–Trinajstić information content (AvgIpc) is 2.15. The number of hydrogen-bond donors (Lipinski definition) is 1. The molecule has 0 spiro atoms. The number of nitrogens with one attached hydrogen (secondary N) is 1. The van der Waals surface area contributed by atoms with Crippen molar-refractivity contribution in [1.82, 2.24) is 10.2 Å². The minimum Gasteiger partial charge on any atom is -0.312 e. The fourth-order valence-corrected chi connectivity index (χ4v) is 1.98. The molecular formula is C11H21ClN2. The summed E-state index contributed by atoms with van der Waals surface area (Å²) in [6.45, 7) is 7.97. The lowest BCUT2D eigenvalue weighted by Crippen LogP contribution is -2.31. The standard InChI is InChI=1S/C11H21ClN2/c1-10(12)9-13-6-3-11-4-7-14(2)8-5-11/h11,13H,1,3-9H2,2H3. The molecule has 0 radical (unpaired) electrons. The van der Waals surface area contributed by atoms with Gasteiger partial charge in [-0.15, -0.1) is 0 Å². The monoisotopic (exact) mass is 216 g/mol. The molecule has 1 rings (SSSR count). The minimum absolute atomic E-state index is 0.702. The highest BCUT2D eigenvalue weighted by Gasteiger charge is 2.15. The molecule has 0 unspecified atom stereocenters. The summed E-state index contributed by atoms with van der Waals surface area (Å²) in [5.74, 6) is 0.905. The van der Waals surface area contributed by atoms with E-state index >= 15 is 0 Å². The van der Waals surface area contributed by atoms with Gasteiger partial charge in [0.05, 0.1) is 0 Å². The van der Waals surface area contributed by atoms with Crippen molar-refractivity contribution in [2.24, 2.45) is 5.92 Å². The Bertz CT molecular complexity index is 174. The van der Waals surface area contributed by atoms with Crippen molar-refractivity contribution in [2.75, 3.05) is 33.2 Å². The van der Waals surface area contributed by atoms with Gasteiger partial charge in [-0.05, 0) is 51.9 Å². The Balaban J connectivity index is 1.99. The first-order valence-electron chi connectivity index (χ1n) is 5.41. The number of hydrogen-bond acceptors (Lipinski definition) is 2. The molecule has 0 atom stereocenters. The Labute approximate surface area is 92.3 Å². The lowest BCUT2D eigenvalue weighted by Gasteiger charge is -2.28. The van der Waals surface area contributed by atoms with Gasteiger partial charge >= 0.3 is 0 Å². The fraction of sp³-hybridized carbons (Fsp3) is 0.818. The van der Waals surface area contributed by atoms with Crippen molar-refractivity contribution in [1.29, 1.82) is 0 Å². The first-order valence-corrected chi connectivity index (χ1v) is 5.79. The highest BCUT2D eigenvalue weighted by Crippen LogP contribution is 2.18. The number of rotatable bonds is 5. The normalized spacial score (nSPS) is 19.9. The van der Waals surface area contributed by atoms with Crippen molar-refractivity contribution in [3.8, 4) is 0 Å². The van der Waals surface area contributed by atoms with Gasteiger partial charge < -0.3 is 10.2 Å². The fourth-order valence-electron chi connectivity index (χ4n) is 1.88. The highest BCUT2D eigenvalue weighted by atomic mass is 35.5. The van der Waals surface area contributed by atoms with E-state index < -0.39 is 0 Å². The van der Waals surface area contributed by atoms with Gasteiger partial charge in [-0.25, -0.2) is 0 Å². The molecule has 1 heterocycles. The largest absolute Gasteiger partial charge is 0.312 e. The lowest BCUT2D eigenvalue weighted by molar-refractivity contribution is 0.212. The van der Waals surface area contributed by atoms with Gasteiger partial charge in [-0.3, -0.25) is 0 Å². The molecular weight excluding hydrogens is 196 g/mol. The van der Waals surface area contributed by atoms with Crippen LogP contribution in [0.15, 0.2) is 11.6 Å². The Morgan fingerprint density at radius 2 is 2.14 bits per heavy atom. The summed E-state index contributed by atoms with van der Waals surface area (Å²) in [4.78, 5) is 2.41. The maximum absolute atomic E-state index is 5.65. The Kier molecular flexibility index (Phi) is 5.53. The predicted octanol–water partition coefficient (Wildman–Crippen LogP) is 2.06. The number of halogens is 1. The van der Waals surface area contributed by atoms with E-state index in [4.69, 9.17) is 11.6 Å². The first-order chi connectivity index (χ1) is 6.68. The van der Waals surface area contributed by atoms with Crippen LogP contribution in [0.1, 0.15) is 19.3 Å². The van der Waals surface area contributed by atoms with Gasteiger partial charge in [0, 0.05) is 11.6 Å². The van der Waals surface area contributed by atoms with E-state index in [0.717, 1.165) is 19.0 Å². The molecule has 1 aliphatic rings. The van der Waals surface area contributed by atoms with Gasteiger partial charge in [-0.2, -0.15) is 0 Å². The summed E-state index contributed by atoms with van der Waals surface area (Å²) in [6.07, 6.45) is 3.97. The molecule has 82 valence electrons.